The number of carbonyl (C=O) groups is 1. The summed E-state index contributed by atoms with van der Waals surface area (Å²) in [4.78, 5) is 15.5. The molecule has 0 spiro atoms. The molecule has 98 valence electrons. The summed E-state index contributed by atoms with van der Waals surface area (Å²) in [6.45, 7) is 0. The van der Waals surface area contributed by atoms with Crippen LogP contribution in [0.4, 0.5) is 10.8 Å². The monoisotopic (exact) mass is 293 g/mol. The second-order valence-corrected chi connectivity index (χ2v) is 6.12. The van der Waals surface area contributed by atoms with Crippen LogP contribution in [0.2, 0.25) is 4.34 Å². The summed E-state index contributed by atoms with van der Waals surface area (Å²) in [5, 5.41) is 3.36. The summed E-state index contributed by atoms with van der Waals surface area (Å²) in [5.74, 6) is 0.0792. The van der Waals surface area contributed by atoms with E-state index in [9.17, 15) is 4.79 Å². The number of rotatable bonds is 2. The molecule has 0 aliphatic carbocycles. The number of hydrogen-bond acceptors (Lipinski definition) is 4. The highest BCUT2D eigenvalue weighted by Gasteiger charge is 2.15. The Hall–Kier alpha value is -1.59. The zero-order chi connectivity index (χ0) is 13.4. The lowest BCUT2D eigenvalue weighted by Gasteiger charge is -2.17. The van der Waals surface area contributed by atoms with Crippen LogP contribution in [0.5, 0.6) is 0 Å². The second kappa shape index (κ2) is 4.83. The van der Waals surface area contributed by atoms with Gasteiger partial charge in [0.15, 0.2) is 5.13 Å². The molecule has 2 heterocycles. The van der Waals surface area contributed by atoms with E-state index in [1.165, 1.54) is 11.3 Å². The Morgan fingerprint density at radius 3 is 3.00 bits per heavy atom. The molecule has 0 unspecified atom stereocenters. The van der Waals surface area contributed by atoms with E-state index >= 15 is 0 Å². The van der Waals surface area contributed by atoms with Crippen LogP contribution in [0.3, 0.4) is 0 Å². The maximum absolute atomic E-state index is 11.3. The van der Waals surface area contributed by atoms with Crippen LogP contribution in [-0.2, 0) is 17.6 Å². The van der Waals surface area contributed by atoms with E-state index < -0.39 is 0 Å². The Bertz CT molecular complexity index is 653. The largest absolute Gasteiger partial charge is 0.375 e. The van der Waals surface area contributed by atoms with Crippen molar-refractivity contribution in [1.29, 1.82) is 0 Å². The van der Waals surface area contributed by atoms with Crippen LogP contribution < -0.4 is 11.1 Å². The predicted molar refractivity (Wildman–Crippen MR) is 77.7 cm³/mol. The minimum Gasteiger partial charge on any atom is -0.375 e. The van der Waals surface area contributed by atoms with E-state index in [0.717, 1.165) is 28.9 Å². The van der Waals surface area contributed by atoms with Crippen molar-refractivity contribution in [2.45, 2.75) is 19.3 Å². The quantitative estimate of drug-likeness (QED) is 0.894. The number of aromatic nitrogens is 1. The Balaban J connectivity index is 1.86. The van der Waals surface area contributed by atoms with Gasteiger partial charge in [0.05, 0.1) is 5.69 Å². The molecule has 1 aromatic heterocycles. The highest BCUT2D eigenvalue weighted by atomic mass is 35.5. The third-order valence-corrected chi connectivity index (χ3v) is 4.27. The number of hydrogen-bond donors (Lipinski definition) is 2. The maximum Gasteiger partial charge on any atom is 0.224 e. The van der Waals surface area contributed by atoms with Crippen molar-refractivity contribution >= 4 is 39.7 Å². The standard InChI is InChI=1S/C13H12ClN3OS/c14-12-10(17-13(15)19-12)6-7-1-3-9-8(5-7)2-4-11(18)16-9/h1,3,5H,2,4,6H2,(H2,15,17)(H,16,18). The van der Waals surface area contributed by atoms with Gasteiger partial charge >= 0.3 is 0 Å². The van der Waals surface area contributed by atoms with Gasteiger partial charge in [0.1, 0.15) is 4.34 Å². The molecule has 2 aromatic rings. The molecule has 1 aliphatic rings. The number of aryl methyl sites for hydroxylation is 1. The van der Waals surface area contributed by atoms with Gasteiger partial charge in [-0.2, -0.15) is 0 Å². The number of thiazole rings is 1. The summed E-state index contributed by atoms with van der Waals surface area (Å²) >= 11 is 7.37. The number of amides is 1. The number of nitrogens with two attached hydrogens (primary N) is 1. The van der Waals surface area contributed by atoms with Gasteiger partial charge in [0.2, 0.25) is 5.91 Å². The third kappa shape index (κ3) is 2.57. The number of anilines is 2. The number of nitrogen functional groups attached to an aromatic ring is 1. The van der Waals surface area contributed by atoms with Crippen LogP contribution in [0.25, 0.3) is 0 Å². The van der Waals surface area contributed by atoms with Gasteiger partial charge in [-0.3, -0.25) is 4.79 Å². The van der Waals surface area contributed by atoms with Crippen LogP contribution >= 0.6 is 22.9 Å². The zero-order valence-corrected chi connectivity index (χ0v) is 11.6. The van der Waals surface area contributed by atoms with Crippen LogP contribution in [-0.4, -0.2) is 10.9 Å². The SMILES string of the molecule is Nc1nc(Cc2ccc3c(c2)CCC(=O)N3)c(Cl)s1. The van der Waals surface area contributed by atoms with Crippen molar-refractivity contribution in [3.63, 3.8) is 0 Å². The highest BCUT2D eigenvalue weighted by Crippen LogP contribution is 2.29. The molecular weight excluding hydrogens is 282 g/mol. The van der Waals surface area contributed by atoms with Gasteiger partial charge in [0.25, 0.3) is 0 Å². The summed E-state index contributed by atoms with van der Waals surface area (Å²) in [7, 11) is 0. The molecule has 0 saturated heterocycles. The van der Waals surface area contributed by atoms with Crippen LogP contribution in [0, 0.1) is 0 Å². The van der Waals surface area contributed by atoms with E-state index in [-0.39, 0.29) is 5.91 Å². The fourth-order valence-electron chi connectivity index (χ4n) is 2.20. The topological polar surface area (TPSA) is 68.0 Å². The van der Waals surface area contributed by atoms with E-state index in [1.54, 1.807) is 0 Å². The lowest BCUT2D eigenvalue weighted by atomic mass is 9.99. The molecule has 1 amide bonds. The first kappa shape index (κ1) is 12.4. The Morgan fingerprint density at radius 1 is 1.42 bits per heavy atom. The highest BCUT2D eigenvalue weighted by molar-refractivity contribution is 7.19. The normalized spacial score (nSPS) is 14.1. The Kier molecular flexibility index (Phi) is 3.16. The molecule has 4 nitrogen and oxygen atoms in total. The first-order valence-corrected chi connectivity index (χ1v) is 7.13. The van der Waals surface area contributed by atoms with E-state index in [0.29, 0.717) is 22.3 Å². The molecule has 0 atom stereocenters. The first-order valence-electron chi connectivity index (χ1n) is 5.94. The lowest BCUT2D eigenvalue weighted by molar-refractivity contribution is -0.116. The Morgan fingerprint density at radius 2 is 2.26 bits per heavy atom. The molecule has 0 saturated carbocycles. The van der Waals surface area contributed by atoms with Gasteiger partial charge in [-0.15, -0.1) is 0 Å². The van der Waals surface area contributed by atoms with Gasteiger partial charge in [-0.1, -0.05) is 35.1 Å². The fourth-order valence-corrected chi connectivity index (χ4v) is 3.12. The van der Waals surface area contributed by atoms with Crippen molar-refractivity contribution in [2.75, 3.05) is 11.1 Å². The molecule has 0 fully saturated rings. The van der Waals surface area contributed by atoms with E-state index in [1.807, 2.05) is 12.1 Å². The van der Waals surface area contributed by atoms with E-state index in [4.69, 9.17) is 17.3 Å². The van der Waals surface area contributed by atoms with Gasteiger partial charge < -0.3 is 11.1 Å². The molecular formula is C13H12ClN3OS. The van der Waals surface area contributed by atoms with Gasteiger partial charge in [-0.25, -0.2) is 4.98 Å². The number of carbonyl (C=O) groups excluding carboxylic acids is 1. The lowest BCUT2D eigenvalue weighted by Crippen LogP contribution is -2.18. The molecule has 1 aromatic carbocycles. The molecule has 19 heavy (non-hydrogen) atoms. The van der Waals surface area contributed by atoms with Gasteiger partial charge in [-0.05, 0) is 23.6 Å². The molecule has 1 aliphatic heterocycles. The summed E-state index contributed by atoms with van der Waals surface area (Å²) in [6, 6.07) is 6.02. The smallest absolute Gasteiger partial charge is 0.224 e. The van der Waals surface area contributed by atoms with Crippen molar-refractivity contribution in [3.8, 4) is 0 Å². The Labute approximate surface area is 119 Å². The van der Waals surface area contributed by atoms with Crippen LogP contribution in [0.1, 0.15) is 23.2 Å². The molecule has 0 radical (unpaired) electrons. The van der Waals surface area contributed by atoms with Crippen LogP contribution in [0.15, 0.2) is 18.2 Å². The maximum atomic E-state index is 11.3. The van der Waals surface area contributed by atoms with E-state index in [2.05, 4.69) is 16.4 Å². The second-order valence-electron chi connectivity index (χ2n) is 4.49. The first-order chi connectivity index (χ1) is 9.11. The predicted octanol–water partition coefficient (Wildman–Crippen LogP) is 2.85. The average Bonchev–Trinajstić information content (AvgIpc) is 2.68. The number of benzene rings is 1. The van der Waals surface area contributed by atoms with Crippen molar-refractivity contribution in [1.82, 2.24) is 4.98 Å². The number of nitrogens with one attached hydrogen (secondary N) is 1. The molecule has 3 rings (SSSR count). The molecule has 6 heteroatoms. The van der Waals surface area contributed by atoms with Crippen molar-refractivity contribution in [2.24, 2.45) is 0 Å². The summed E-state index contributed by atoms with van der Waals surface area (Å²) in [5.41, 5.74) is 9.64. The van der Waals surface area contributed by atoms with Gasteiger partial charge in [0, 0.05) is 18.5 Å². The molecule has 3 N–H and O–H groups in total. The van der Waals surface area contributed by atoms with Crippen molar-refractivity contribution in [3.05, 3.63) is 39.4 Å². The fraction of sp³-hybridized carbons (Fsp3) is 0.231. The number of halogens is 1. The summed E-state index contributed by atoms with van der Waals surface area (Å²) in [6.07, 6.45) is 1.98. The molecule has 0 bridgehead atoms. The zero-order valence-electron chi connectivity index (χ0n) is 10.1. The van der Waals surface area contributed by atoms with Crippen molar-refractivity contribution < 1.29 is 4.79 Å². The summed E-state index contributed by atoms with van der Waals surface area (Å²) < 4.78 is 0.642. The number of fused-ring (bicyclic) bond motifs is 1. The minimum absolute atomic E-state index is 0.0792. The third-order valence-electron chi connectivity index (χ3n) is 3.10. The minimum atomic E-state index is 0.0792. The number of nitrogens with zero attached hydrogens (tertiary/aromatic N) is 1. The average molecular weight is 294 g/mol.